The van der Waals surface area contributed by atoms with Crippen molar-refractivity contribution in [2.24, 2.45) is 0 Å². The largest absolute Gasteiger partial charge is 0.504 e. The van der Waals surface area contributed by atoms with E-state index in [2.05, 4.69) is 143 Å². The van der Waals surface area contributed by atoms with Crippen molar-refractivity contribution in [1.29, 1.82) is 0 Å². The van der Waals surface area contributed by atoms with Crippen molar-refractivity contribution in [3.8, 4) is 46.0 Å². The van der Waals surface area contributed by atoms with Gasteiger partial charge in [0.05, 0.1) is 36.6 Å². The zero-order chi connectivity index (χ0) is 30.6. The molecule has 4 aromatic carbocycles. The SMILES string of the molecule is COc1c(Br)cc(Br)cc1Oc1c(Br)cc(Br)c(Br)c1O.COc1c(Br)cc(Br)cc1Oc1c(O)cc(Br)cc1Br. The first-order chi connectivity index (χ1) is 19.3. The molecule has 0 aliphatic heterocycles. The van der Waals surface area contributed by atoms with Crippen molar-refractivity contribution < 1.29 is 29.2 Å². The van der Waals surface area contributed by atoms with Gasteiger partial charge in [-0.15, -0.1) is 0 Å². The summed E-state index contributed by atoms with van der Waals surface area (Å²) in [6.45, 7) is 0. The van der Waals surface area contributed by atoms with E-state index in [9.17, 15) is 10.2 Å². The van der Waals surface area contributed by atoms with E-state index in [1.165, 1.54) is 0 Å². The van der Waals surface area contributed by atoms with Gasteiger partial charge >= 0.3 is 0 Å². The van der Waals surface area contributed by atoms with Crippen LogP contribution in [0.3, 0.4) is 0 Å². The Morgan fingerprint density at radius 1 is 0.463 bits per heavy atom. The molecule has 41 heavy (non-hydrogen) atoms. The molecular weight excluding hydrogens is 1130 g/mol. The van der Waals surface area contributed by atoms with E-state index in [0.29, 0.717) is 46.6 Å². The molecule has 0 saturated carbocycles. The second-order valence-corrected chi connectivity index (χ2v) is 15.4. The van der Waals surface area contributed by atoms with E-state index < -0.39 is 0 Å². The van der Waals surface area contributed by atoms with Gasteiger partial charge in [-0.2, -0.15) is 0 Å². The van der Waals surface area contributed by atoms with Gasteiger partial charge in [0.1, 0.15) is 0 Å². The first-order valence-corrected chi connectivity index (χ1v) is 17.9. The Labute approximate surface area is 311 Å². The Morgan fingerprint density at radius 3 is 1.29 bits per heavy atom. The molecule has 0 bridgehead atoms. The van der Waals surface area contributed by atoms with Crippen molar-refractivity contribution >= 4 is 143 Å². The van der Waals surface area contributed by atoms with Gasteiger partial charge in [0.15, 0.2) is 46.0 Å². The number of phenols is 2. The zero-order valence-corrected chi connectivity index (χ0v) is 34.7. The molecule has 6 nitrogen and oxygen atoms in total. The van der Waals surface area contributed by atoms with Gasteiger partial charge in [0.25, 0.3) is 0 Å². The predicted octanol–water partition coefficient (Wildman–Crippen LogP) is 13.2. The molecule has 0 saturated heterocycles. The van der Waals surface area contributed by atoms with E-state index in [1.54, 1.807) is 44.6 Å². The Hall–Kier alpha value is -0.000000000000000333. The third-order valence-electron chi connectivity index (χ3n) is 4.87. The quantitative estimate of drug-likeness (QED) is 0.187. The van der Waals surface area contributed by atoms with E-state index in [-0.39, 0.29) is 17.2 Å². The van der Waals surface area contributed by atoms with Crippen LogP contribution in [0.25, 0.3) is 0 Å². The minimum absolute atomic E-state index is 0.0180. The molecule has 0 fully saturated rings. The molecule has 0 amide bonds. The van der Waals surface area contributed by atoms with Crippen LogP contribution in [0.4, 0.5) is 0 Å². The first kappa shape index (κ1) is 35.5. The van der Waals surface area contributed by atoms with Crippen LogP contribution in [-0.2, 0) is 0 Å². The zero-order valence-electron chi connectivity index (χ0n) is 20.5. The summed E-state index contributed by atoms with van der Waals surface area (Å²) < 4.78 is 28.6. The van der Waals surface area contributed by atoms with E-state index in [1.807, 2.05) is 12.1 Å². The number of halogens is 9. The highest BCUT2D eigenvalue weighted by atomic mass is 79.9. The molecule has 4 aromatic rings. The number of hydrogen-bond acceptors (Lipinski definition) is 6. The lowest BCUT2D eigenvalue weighted by atomic mass is 10.3. The molecule has 218 valence electrons. The standard InChI is InChI=1S/C13H7Br5O3.C13H8Br4O3/c1-20-12-7(16)2-5(14)3-9(12)21-13-8(17)4-6(15)10(18)11(13)19;1-19-13-9(17)3-7(15)5-11(13)20-12-8(16)2-6(14)4-10(12)18/h2-4,19H,1H3;2-5,18H,1H3. The molecule has 0 heterocycles. The Kier molecular flexibility index (Phi) is 13.7. The number of aromatic hydroxyl groups is 2. The van der Waals surface area contributed by atoms with Crippen LogP contribution in [0.15, 0.2) is 82.7 Å². The molecule has 0 atom stereocenters. The fourth-order valence-corrected chi connectivity index (χ4v) is 8.65. The van der Waals surface area contributed by atoms with Crippen molar-refractivity contribution in [1.82, 2.24) is 0 Å². The Balaban J connectivity index is 0.000000226. The van der Waals surface area contributed by atoms with Crippen molar-refractivity contribution in [2.75, 3.05) is 14.2 Å². The number of methoxy groups -OCH3 is 2. The van der Waals surface area contributed by atoms with Crippen LogP contribution in [0.5, 0.6) is 46.0 Å². The van der Waals surface area contributed by atoms with E-state index >= 15 is 0 Å². The van der Waals surface area contributed by atoms with Gasteiger partial charge in [-0.3, -0.25) is 0 Å². The van der Waals surface area contributed by atoms with Crippen LogP contribution >= 0.6 is 143 Å². The van der Waals surface area contributed by atoms with Gasteiger partial charge in [0, 0.05) is 17.9 Å². The summed E-state index contributed by atoms with van der Waals surface area (Å²) in [7, 11) is 3.10. The van der Waals surface area contributed by atoms with Gasteiger partial charge in [-0.1, -0.05) is 47.8 Å². The highest BCUT2D eigenvalue weighted by molar-refractivity contribution is 9.13. The van der Waals surface area contributed by atoms with Crippen molar-refractivity contribution in [3.63, 3.8) is 0 Å². The number of hydrogen-bond donors (Lipinski definition) is 2. The van der Waals surface area contributed by atoms with Gasteiger partial charge in [-0.05, 0) is 138 Å². The Bertz CT molecular complexity index is 1570. The van der Waals surface area contributed by atoms with Gasteiger partial charge < -0.3 is 29.2 Å². The minimum atomic E-state index is -0.0191. The third kappa shape index (κ3) is 9.03. The summed E-state index contributed by atoms with van der Waals surface area (Å²) >= 11 is 30.3. The second kappa shape index (κ2) is 15.8. The highest BCUT2D eigenvalue weighted by Crippen LogP contribution is 2.49. The lowest BCUT2D eigenvalue weighted by Crippen LogP contribution is -1.93. The maximum atomic E-state index is 10.2. The van der Waals surface area contributed by atoms with Gasteiger partial charge in [-0.25, -0.2) is 0 Å². The third-order valence-corrected chi connectivity index (χ3v) is 10.6. The predicted molar refractivity (Wildman–Crippen MR) is 192 cm³/mol. The fourth-order valence-electron chi connectivity index (χ4n) is 3.15. The number of phenolic OH excluding ortho intramolecular Hbond substituents is 2. The Morgan fingerprint density at radius 2 is 0.854 bits per heavy atom. The molecule has 0 aliphatic rings. The number of rotatable bonds is 6. The van der Waals surface area contributed by atoms with E-state index in [4.69, 9.17) is 18.9 Å². The second-order valence-electron chi connectivity index (χ2n) is 7.61. The normalized spacial score (nSPS) is 10.5. The lowest BCUT2D eigenvalue weighted by molar-refractivity contribution is 0.362. The van der Waals surface area contributed by atoms with Crippen LogP contribution in [0, 0.1) is 0 Å². The number of benzene rings is 4. The molecule has 0 spiro atoms. The molecule has 0 unspecified atom stereocenters. The molecule has 4 rings (SSSR count). The lowest BCUT2D eigenvalue weighted by Gasteiger charge is -2.15. The van der Waals surface area contributed by atoms with Crippen LogP contribution < -0.4 is 18.9 Å². The summed E-state index contributed by atoms with van der Waals surface area (Å²) in [5.41, 5.74) is 0. The van der Waals surface area contributed by atoms with Crippen molar-refractivity contribution in [3.05, 3.63) is 82.7 Å². The molecule has 0 radical (unpaired) electrons. The summed E-state index contributed by atoms with van der Waals surface area (Å²) in [4.78, 5) is 0. The number of ether oxygens (including phenoxy) is 4. The first-order valence-electron chi connectivity index (χ1n) is 10.7. The van der Waals surface area contributed by atoms with Crippen LogP contribution in [-0.4, -0.2) is 24.4 Å². The summed E-state index contributed by atoms with van der Waals surface area (Å²) in [5, 5.41) is 20.2. The minimum Gasteiger partial charge on any atom is -0.504 e. The molecule has 15 heteroatoms. The molecular formula is C26H15Br9O6. The summed E-state index contributed by atoms with van der Waals surface area (Å²) in [6, 6.07) is 12.3. The van der Waals surface area contributed by atoms with Gasteiger partial charge in [0.2, 0.25) is 0 Å². The molecule has 2 N–H and O–H groups in total. The smallest absolute Gasteiger partial charge is 0.184 e. The highest BCUT2D eigenvalue weighted by Gasteiger charge is 2.19. The van der Waals surface area contributed by atoms with Crippen molar-refractivity contribution in [2.45, 2.75) is 0 Å². The van der Waals surface area contributed by atoms with E-state index in [0.717, 1.165) is 22.4 Å². The van der Waals surface area contributed by atoms with Crippen LogP contribution in [0.2, 0.25) is 0 Å². The molecule has 0 aliphatic carbocycles. The fraction of sp³-hybridized carbons (Fsp3) is 0.0769. The average molecular weight is 1140 g/mol. The molecule has 0 aromatic heterocycles. The van der Waals surface area contributed by atoms with Crippen LogP contribution in [0.1, 0.15) is 0 Å². The monoisotopic (exact) mass is 1130 g/mol. The topological polar surface area (TPSA) is 77.4 Å². The maximum absolute atomic E-state index is 10.2. The summed E-state index contributed by atoms with van der Waals surface area (Å²) in [6.07, 6.45) is 0. The summed E-state index contributed by atoms with van der Waals surface area (Å²) in [5.74, 6) is 2.62. The average Bonchev–Trinajstić information content (AvgIpc) is 2.87. The maximum Gasteiger partial charge on any atom is 0.184 e.